The summed E-state index contributed by atoms with van der Waals surface area (Å²) in [5, 5.41) is 8.66. The van der Waals surface area contributed by atoms with Gasteiger partial charge in [-0.2, -0.15) is 0 Å². The molecule has 0 fully saturated rings. The lowest BCUT2D eigenvalue weighted by Crippen LogP contribution is -2.31. The van der Waals surface area contributed by atoms with Crippen LogP contribution in [0, 0.1) is 0 Å². The Hall–Kier alpha value is -2.94. The summed E-state index contributed by atoms with van der Waals surface area (Å²) in [5.41, 5.74) is 6.10. The first-order chi connectivity index (χ1) is 10.7. The highest BCUT2D eigenvalue weighted by Gasteiger charge is 2.14. The second-order valence-corrected chi connectivity index (χ2v) is 4.31. The molecule has 1 unspecified atom stereocenters. The molecule has 0 aromatic carbocycles. The molecule has 0 bridgehead atoms. The number of fused-ring (bicyclic) bond motifs is 1. The molecule has 0 saturated heterocycles. The number of aryl methyl sites for hydroxylation is 1. The Labute approximate surface area is 126 Å². The van der Waals surface area contributed by atoms with Gasteiger partial charge in [-0.25, -0.2) is 24.9 Å². The van der Waals surface area contributed by atoms with Gasteiger partial charge in [0, 0.05) is 18.9 Å². The third kappa shape index (κ3) is 4.28. The fourth-order valence-corrected chi connectivity index (χ4v) is 1.64. The SMILES string of the molecule is NC(CCn1cncc2ncnc1-2)C(=O)O.c1cncnc1. The van der Waals surface area contributed by atoms with Crippen LogP contribution in [-0.2, 0) is 11.3 Å². The van der Waals surface area contributed by atoms with Crippen molar-refractivity contribution in [2.45, 2.75) is 19.0 Å². The Bertz CT molecular complexity index is 646. The molecule has 114 valence electrons. The van der Waals surface area contributed by atoms with E-state index in [9.17, 15) is 4.79 Å². The predicted octanol–water partition coefficient (Wildman–Crippen LogP) is 0.0565. The van der Waals surface area contributed by atoms with Gasteiger partial charge in [0.05, 0.1) is 12.5 Å². The number of rotatable bonds is 4. The van der Waals surface area contributed by atoms with Crippen LogP contribution in [0.3, 0.4) is 0 Å². The average Bonchev–Trinajstić information content (AvgIpc) is 3.04. The highest BCUT2D eigenvalue weighted by atomic mass is 16.4. The molecule has 1 aromatic heterocycles. The van der Waals surface area contributed by atoms with Gasteiger partial charge in [-0.15, -0.1) is 0 Å². The van der Waals surface area contributed by atoms with Gasteiger partial charge in [-0.05, 0) is 12.5 Å². The van der Waals surface area contributed by atoms with Crippen molar-refractivity contribution in [3.8, 4) is 11.5 Å². The second kappa shape index (κ2) is 7.74. The molecule has 22 heavy (non-hydrogen) atoms. The van der Waals surface area contributed by atoms with E-state index in [0.717, 1.165) is 0 Å². The monoisotopic (exact) mass is 301 g/mol. The topological polar surface area (TPSA) is 133 Å². The third-order valence-electron chi connectivity index (χ3n) is 2.76. The first-order valence-corrected chi connectivity index (χ1v) is 6.47. The largest absolute Gasteiger partial charge is 0.480 e. The van der Waals surface area contributed by atoms with E-state index in [4.69, 9.17) is 10.8 Å². The lowest BCUT2D eigenvalue weighted by atomic mass is 10.2. The van der Waals surface area contributed by atoms with Crippen molar-refractivity contribution >= 4 is 5.97 Å². The van der Waals surface area contributed by atoms with Crippen LogP contribution in [0.15, 0.2) is 43.6 Å². The molecule has 3 rings (SSSR count). The van der Waals surface area contributed by atoms with E-state index in [-0.39, 0.29) is 0 Å². The zero-order valence-electron chi connectivity index (χ0n) is 11.6. The molecule has 1 aromatic rings. The van der Waals surface area contributed by atoms with Crippen molar-refractivity contribution in [2.75, 3.05) is 0 Å². The molecule has 0 radical (unpaired) electrons. The summed E-state index contributed by atoms with van der Waals surface area (Å²) in [7, 11) is 0. The van der Waals surface area contributed by atoms with Crippen LogP contribution >= 0.6 is 0 Å². The Morgan fingerprint density at radius 1 is 1.23 bits per heavy atom. The summed E-state index contributed by atoms with van der Waals surface area (Å²) >= 11 is 0. The number of nitrogens with zero attached hydrogens (tertiary/aromatic N) is 6. The van der Waals surface area contributed by atoms with Crippen molar-refractivity contribution in [1.82, 2.24) is 29.5 Å². The summed E-state index contributed by atoms with van der Waals surface area (Å²) < 4.78 is 1.74. The fraction of sp³-hybridized carbons (Fsp3) is 0.231. The van der Waals surface area contributed by atoms with Gasteiger partial charge in [-0.1, -0.05) is 0 Å². The van der Waals surface area contributed by atoms with Crippen molar-refractivity contribution in [3.63, 3.8) is 0 Å². The van der Waals surface area contributed by atoms with Gasteiger partial charge in [-0.3, -0.25) is 4.79 Å². The number of hydrogen-bond donors (Lipinski definition) is 2. The van der Waals surface area contributed by atoms with Gasteiger partial charge in [0.15, 0.2) is 5.82 Å². The number of imidazole rings is 1. The Balaban J connectivity index is 0.000000246. The van der Waals surface area contributed by atoms with Crippen molar-refractivity contribution < 1.29 is 9.90 Å². The molecule has 0 aliphatic carbocycles. The van der Waals surface area contributed by atoms with Gasteiger partial charge in [0.25, 0.3) is 0 Å². The maximum Gasteiger partial charge on any atom is 0.320 e. The van der Waals surface area contributed by atoms with Crippen LogP contribution in [0.2, 0.25) is 0 Å². The maximum atomic E-state index is 10.6. The molecule has 3 N–H and O–H groups in total. The minimum Gasteiger partial charge on any atom is -0.480 e. The smallest absolute Gasteiger partial charge is 0.320 e. The minimum absolute atomic E-state index is 0.327. The molecule has 2 aliphatic rings. The molecule has 3 heterocycles. The first-order valence-electron chi connectivity index (χ1n) is 6.47. The third-order valence-corrected chi connectivity index (χ3v) is 2.76. The molecule has 0 spiro atoms. The van der Waals surface area contributed by atoms with Gasteiger partial charge < -0.3 is 15.4 Å². The number of carbonyl (C=O) groups is 1. The van der Waals surface area contributed by atoms with Crippen molar-refractivity contribution in [1.29, 1.82) is 0 Å². The van der Waals surface area contributed by atoms with E-state index in [1.165, 1.54) is 12.7 Å². The lowest BCUT2D eigenvalue weighted by molar-refractivity contribution is -0.138. The summed E-state index contributed by atoms with van der Waals surface area (Å²) in [5.74, 6) is -0.318. The van der Waals surface area contributed by atoms with Crippen molar-refractivity contribution in [3.05, 3.63) is 43.6 Å². The molecule has 9 nitrogen and oxygen atoms in total. The number of aromatic nitrogens is 6. The molecule has 9 heteroatoms. The van der Waals surface area contributed by atoms with E-state index in [1.54, 1.807) is 35.6 Å². The zero-order valence-corrected chi connectivity index (χ0v) is 11.6. The summed E-state index contributed by atoms with van der Waals surface area (Å²) in [6.45, 7) is 0.455. The molecular formula is C13H15N7O2. The number of aliphatic carboxylic acids is 1. The number of nitrogens with two attached hydrogens (primary N) is 1. The Morgan fingerprint density at radius 2 is 2.00 bits per heavy atom. The van der Waals surface area contributed by atoms with Gasteiger partial charge in [0.2, 0.25) is 0 Å². The molecule has 2 aliphatic heterocycles. The fourth-order valence-electron chi connectivity index (χ4n) is 1.64. The summed E-state index contributed by atoms with van der Waals surface area (Å²) in [4.78, 5) is 29.9. The normalized spacial score (nSPS) is 11.5. The van der Waals surface area contributed by atoms with Gasteiger partial charge >= 0.3 is 5.97 Å². The quantitative estimate of drug-likeness (QED) is 0.691. The van der Waals surface area contributed by atoms with E-state index in [1.807, 2.05) is 0 Å². The Kier molecular flexibility index (Phi) is 5.44. The molecular weight excluding hydrogens is 286 g/mol. The van der Waals surface area contributed by atoms with E-state index in [2.05, 4.69) is 24.9 Å². The van der Waals surface area contributed by atoms with Crippen LogP contribution in [0.5, 0.6) is 0 Å². The lowest BCUT2D eigenvalue weighted by Gasteiger charge is -2.11. The van der Waals surface area contributed by atoms with E-state index < -0.39 is 12.0 Å². The standard InChI is InChI=1S/C9H11N5O2.C4H4N2/c10-6(9(15)16)1-2-14-5-11-3-7-8(14)13-4-12-7;1-2-5-4-6-3-1/h3-6H,1-2,10H2,(H,15,16);1-4H. The van der Waals surface area contributed by atoms with E-state index in [0.29, 0.717) is 24.5 Å². The highest BCUT2D eigenvalue weighted by molar-refractivity contribution is 5.72. The van der Waals surface area contributed by atoms with Crippen LogP contribution in [0.4, 0.5) is 0 Å². The van der Waals surface area contributed by atoms with Crippen LogP contribution < -0.4 is 5.73 Å². The predicted molar refractivity (Wildman–Crippen MR) is 76.7 cm³/mol. The molecule has 0 saturated carbocycles. The van der Waals surface area contributed by atoms with Crippen LogP contribution in [0.25, 0.3) is 11.5 Å². The average molecular weight is 301 g/mol. The molecule has 1 atom stereocenters. The number of carboxylic acids is 1. The minimum atomic E-state index is -1.01. The van der Waals surface area contributed by atoms with Crippen LogP contribution in [-0.4, -0.2) is 46.6 Å². The van der Waals surface area contributed by atoms with Crippen molar-refractivity contribution in [2.24, 2.45) is 5.73 Å². The highest BCUT2D eigenvalue weighted by Crippen LogP contribution is 2.14. The zero-order chi connectivity index (χ0) is 15.8. The maximum absolute atomic E-state index is 10.6. The summed E-state index contributed by atoms with van der Waals surface area (Å²) in [6, 6.07) is 0.908. The second-order valence-electron chi connectivity index (χ2n) is 4.31. The van der Waals surface area contributed by atoms with Gasteiger partial charge in [0.1, 0.15) is 24.4 Å². The van der Waals surface area contributed by atoms with E-state index >= 15 is 0 Å². The number of carboxylic acid groups (broad SMARTS) is 1. The number of hydrogen-bond acceptors (Lipinski definition) is 7. The summed E-state index contributed by atoms with van der Waals surface area (Å²) in [6.07, 6.45) is 9.84. The molecule has 0 amide bonds. The first kappa shape index (κ1) is 15.4. The van der Waals surface area contributed by atoms with Crippen LogP contribution in [0.1, 0.15) is 6.42 Å². The Morgan fingerprint density at radius 3 is 2.59 bits per heavy atom.